The van der Waals surface area contributed by atoms with Crippen molar-refractivity contribution in [1.29, 1.82) is 0 Å². The summed E-state index contributed by atoms with van der Waals surface area (Å²) in [5.74, 6) is 0.920. The van der Waals surface area contributed by atoms with Crippen molar-refractivity contribution >= 4 is 17.2 Å². The number of thiazole rings is 1. The molecule has 0 saturated heterocycles. The fraction of sp³-hybridized carbons (Fsp3) is 0.238. The van der Waals surface area contributed by atoms with Gasteiger partial charge in [-0.15, -0.1) is 11.3 Å². The summed E-state index contributed by atoms with van der Waals surface area (Å²) in [5, 5.41) is 6.01. The number of rotatable bonds is 8. The first-order valence-corrected chi connectivity index (χ1v) is 9.52. The highest BCUT2D eigenvalue weighted by molar-refractivity contribution is 7.13. The molecule has 5 heteroatoms. The molecule has 0 bridgehead atoms. The Morgan fingerprint density at radius 1 is 1.08 bits per heavy atom. The Balaban J connectivity index is 1.43. The Hall–Kier alpha value is -2.66. The fourth-order valence-electron chi connectivity index (χ4n) is 2.61. The lowest BCUT2D eigenvalue weighted by molar-refractivity contribution is -0.121. The minimum atomic E-state index is 0.0828. The monoisotopic (exact) mass is 366 g/mol. The van der Waals surface area contributed by atoms with Crippen molar-refractivity contribution < 1.29 is 9.53 Å². The molecule has 0 aliphatic heterocycles. The summed E-state index contributed by atoms with van der Waals surface area (Å²) in [7, 11) is 1.66. The maximum Gasteiger partial charge on any atom is 0.220 e. The van der Waals surface area contributed by atoms with E-state index in [1.807, 2.05) is 54.6 Å². The smallest absolute Gasteiger partial charge is 0.220 e. The Morgan fingerprint density at radius 2 is 1.85 bits per heavy atom. The molecule has 1 amide bonds. The zero-order valence-electron chi connectivity index (χ0n) is 14.8. The van der Waals surface area contributed by atoms with Crippen LogP contribution in [0.1, 0.15) is 17.7 Å². The SMILES string of the molecule is COc1ccc(-c2nc(CCNC(=O)CCc3ccccc3)cs2)cc1. The van der Waals surface area contributed by atoms with Crippen LogP contribution >= 0.6 is 11.3 Å². The first-order chi connectivity index (χ1) is 12.7. The van der Waals surface area contributed by atoms with Crippen LogP contribution in [0.25, 0.3) is 10.6 Å². The van der Waals surface area contributed by atoms with Crippen LogP contribution in [-0.4, -0.2) is 24.5 Å². The summed E-state index contributed by atoms with van der Waals surface area (Å²) in [6.45, 7) is 0.611. The maximum absolute atomic E-state index is 12.0. The minimum absolute atomic E-state index is 0.0828. The van der Waals surface area contributed by atoms with E-state index in [0.29, 0.717) is 13.0 Å². The van der Waals surface area contributed by atoms with E-state index in [1.165, 1.54) is 5.56 Å². The van der Waals surface area contributed by atoms with Crippen LogP contribution in [-0.2, 0) is 17.6 Å². The third-order valence-electron chi connectivity index (χ3n) is 4.08. The summed E-state index contributed by atoms with van der Waals surface area (Å²) in [6, 6.07) is 17.9. The van der Waals surface area contributed by atoms with E-state index in [-0.39, 0.29) is 5.91 Å². The van der Waals surface area contributed by atoms with E-state index in [1.54, 1.807) is 18.4 Å². The van der Waals surface area contributed by atoms with Crippen molar-refractivity contribution in [2.24, 2.45) is 0 Å². The lowest BCUT2D eigenvalue weighted by atomic mass is 10.1. The third kappa shape index (κ3) is 5.17. The summed E-state index contributed by atoms with van der Waals surface area (Å²) < 4.78 is 5.18. The number of nitrogens with one attached hydrogen (secondary N) is 1. The zero-order valence-corrected chi connectivity index (χ0v) is 15.6. The normalized spacial score (nSPS) is 10.5. The van der Waals surface area contributed by atoms with Gasteiger partial charge in [-0.1, -0.05) is 30.3 Å². The molecule has 1 aromatic heterocycles. The molecular formula is C21H22N2O2S. The van der Waals surface area contributed by atoms with Crippen LogP contribution in [0.2, 0.25) is 0 Å². The van der Waals surface area contributed by atoms with E-state index in [0.717, 1.165) is 34.9 Å². The Kier molecular flexibility index (Phi) is 6.39. The molecular weight excluding hydrogens is 344 g/mol. The van der Waals surface area contributed by atoms with Gasteiger partial charge in [0, 0.05) is 30.3 Å². The number of benzene rings is 2. The number of aryl methyl sites for hydroxylation is 1. The molecule has 1 N–H and O–H groups in total. The van der Waals surface area contributed by atoms with Gasteiger partial charge in [-0.2, -0.15) is 0 Å². The predicted octanol–water partition coefficient (Wildman–Crippen LogP) is 4.11. The van der Waals surface area contributed by atoms with Crippen molar-refractivity contribution in [1.82, 2.24) is 10.3 Å². The Bertz CT molecular complexity index is 829. The number of methoxy groups -OCH3 is 1. The lowest BCUT2D eigenvalue weighted by Gasteiger charge is -2.04. The Labute approximate surface area is 157 Å². The van der Waals surface area contributed by atoms with Crippen molar-refractivity contribution in [3.8, 4) is 16.3 Å². The van der Waals surface area contributed by atoms with Gasteiger partial charge >= 0.3 is 0 Å². The fourth-order valence-corrected chi connectivity index (χ4v) is 3.47. The molecule has 0 saturated carbocycles. The van der Waals surface area contributed by atoms with Gasteiger partial charge in [-0.3, -0.25) is 4.79 Å². The van der Waals surface area contributed by atoms with Gasteiger partial charge in [-0.05, 0) is 36.2 Å². The van der Waals surface area contributed by atoms with Crippen LogP contribution in [0.5, 0.6) is 5.75 Å². The summed E-state index contributed by atoms with van der Waals surface area (Å²) in [4.78, 5) is 16.6. The molecule has 0 unspecified atom stereocenters. The highest BCUT2D eigenvalue weighted by Gasteiger charge is 2.06. The largest absolute Gasteiger partial charge is 0.497 e. The maximum atomic E-state index is 12.0. The van der Waals surface area contributed by atoms with E-state index in [4.69, 9.17) is 4.74 Å². The number of ether oxygens (including phenoxy) is 1. The molecule has 26 heavy (non-hydrogen) atoms. The highest BCUT2D eigenvalue weighted by atomic mass is 32.1. The predicted molar refractivity (Wildman–Crippen MR) is 106 cm³/mol. The molecule has 0 aliphatic rings. The molecule has 2 aromatic carbocycles. The third-order valence-corrected chi connectivity index (χ3v) is 5.02. The quantitative estimate of drug-likeness (QED) is 0.653. The van der Waals surface area contributed by atoms with Crippen LogP contribution in [0.4, 0.5) is 0 Å². The standard InChI is InChI=1S/C21H22N2O2S/c1-25-19-10-8-17(9-11-19)21-23-18(15-26-21)13-14-22-20(24)12-7-16-5-3-2-4-6-16/h2-6,8-11,15H,7,12-14H2,1H3,(H,22,24). The molecule has 0 fully saturated rings. The number of nitrogens with zero attached hydrogens (tertiary/aromatic N) is 1. The van der Waals surface area contributed by atoms with Crippen molar-refractivity contribution in [3.63, 3.8) is 0 Å². The van der Waals surface area contributed by atoms with Gasteiger partial charge in [0.05, 0.1) is 12.8 Å². The highest BCUT2D eigenvalue weighted by Crippen LogP contribution is 2.25. The number of hydrogen-bond acceptors (Lipinski definition) is 4. The van der Waals surface area contributed by atoms with Crippen molar-refractivity contribution in [3.05, 3.63) is 71.2 Å². The van der Waals surface area contributed by atoms with E-state index >= 15 is 0 Å². The number of amides is 1. The molecule has 3 aromatic rings. The molecule has 4 nitrogen and oxygen atoms in total. The number of carbonyl (C=O) groups is 1. The number of aromatic nitrogens is 1. The van der Waals surface area contributed by atoms with Gasteiger partial charge in [-0.25, -0.2) is 4.98 Å². The Morgan fingerprint density at radius 3 is 2.58 bits per heavy atom. The first-order valence-electron chi connectivity index (χ1n) is 8.64. The molecule has 0 aliphatic carbocycles. The van der Waals surface area contributed by atoms with Crippen LogP contribution in [0.15, 0.2) is 60.0 Å². The van der Waals surface area contributed by atoms with Gasteiger partial charge in [0.1, 0.15) is 10.8 Å². The van der Waals surface area contributed by atoms with Crippen LogP contribution < -0.4 is 10.1 Å². The van der Waals surface area contributed by atoms with E-state index in [9.17, 15) is 4.79 Å². The summed E-state index contributed by atoms with van der Waals surface area (Å²) >= 11 is 1.62. The van der Waals surface area contributed by atoms with Crippen molar-refractivity contribution in [2.75, 3.05) is 13.7 Å². The first kappa shape index (κ1) is 18.1. The molecule has 0 atom stereocenters. The number of hydrogen-bond donors (Lipinski definition) is 1. The van der Waals surface area contributed by atoms with Crippen LogP contribution in [0, 0.1) is 0 Å². The van der Waals surface area contributed by atoms with Crippen LogP contribution in [0.3, 0.4) is 0 Å². The van der Waals surface area contributed by atoms with Gasteiger partial charge in [0.15, 0.2) is 0 Å². The molecule has 0 radical (unpaired) electrons. The van der Waals surface area contributed by atoms with Crippen molar-refractivity contribution in [2.45, 2.75) is 19.3 Å². The average molecular weight is 366 g/mol. The molecule has 0 spiro atoms. The zero-order chi connectivity index (χ0) is 18.2. The topological polar surface area (TPSA) is 51.2 Å². The summed E-state index contributed by atoms with van der Waals surface area (Å²) in [5.41, 5.74) is 3.27. The second-order valence-electron chi connectivity index (χ2n) is 5.96. The minimum Gasteiger partial charge on any atom is -0.497 e. The molecule has 134 valence electrons. The second kappa shape index (κ2) is 9.15. The molecule has 1 heterocycles. The second-order valence-corrected chi connectivity index (χ2v) is 6.82. The number of carbonyl (C=O) groups excluding carboxylic acids is 1. The average Bonchev–Trinajstić information content (AvgIpc) is 3.16. The van der Waals surface area contributed by atoms with Gasteiger partial charge < -0.3 is 10.1 Å². The molecule has 3 rings (SSSR count). The van der Waals surface area contributed by atoms with Gasteiger partial charge in [0.25, 0.3) is 0 Å². The van der Waals surface area contributed by atoms with E-state index < -0.39 is 0 Å². The van der Waals surface area contributed by atoms with E-state index in [2.05, 4.69) is 15.7 Å². The van der Waals surface area contributed by atoms with Gasteiger partial charge in [0.2, 0.25) is 5.91 Å². The summed E-state index contributed by atoms with van der Waals surface area (Å²) in [6.07, 6.45) is 2.02. The lowest BCUT2D eigenvalue weighted by Crippen LogP contribution is -2.25.